The molecule has 1 rings (SSSR count). The largest absolute Gasteiger partial charge is 0.238 e. The fraction of sp³-hybridized carbons (Fsp3) is 0.773. The zero-order valence-electron chi connectivity index (χ0n) is 16.3. The van der Waals surface area contributed by atoms with Crippen LogP contribution in [0.1, 0.15) is 108 Å². The van der Waals surface area contributed by atoms with E-state index in [-0.39, 0.29) is 0 Å². The Labute approximate surface area is 150 Å². The summed E-state index contributed by atoms with van der Waals surface area (Å²) >= 11 is 0. The Kier molecular flexibility index (Phi) is 12.7. The molecule has 0 fully saturated rings. The van der Waals surface area contributed by atoms with E-state index >= 15 is 0 Å². The minimum atomic E-state index is 0.702. The van der Waals surface area contributed by atoms with E-state index in [0.717, 1.165) is 18.7 Å². The minimum Gasteiger partial charge on any atom is -0.238 e. The van der Waals surface area contributed by atoms with Crippen LogP contribution in [0, 0.1) is 6.92 Å². The van der Waals surface area contributed by atoms with Gasteiger partial charge in [0.15, 0.2) is 0 Å². The van der Waals surface area contributed by atoms with E-state index in [0.29, 0.717) is 6.42 Å². The first-order valence-electron chi connectivity index (χ1n) is 10.4. The predicted octanol–water partition coefficient (Wildman–Crippen LogP) is 6.66. The fourth-order valence-electron chi connectivity index (χ4n) is 3.15. The molecule has 0 aliphatic heterocycles. The van der Waals surface area contributed by atoms with Crippen LogP contribution in [0.5, 0.6) is 0 Å². The lowest BCUT2D eigenvalue weighted by Gasteiger charge is -2.08. The molecule has 0 aliphatic rings. The van der Waals surface area contributed by atoms with Crippen LogP contribution in [0.3, 0.4) is 0 Å². The maximum atomic E-state index is 4.68. The second-order valence-electron chi connectivity index (χ2n) is 7.05. The second kappa shape index (κ2) is 14.4. The Morgan fingerprint density at radius 2 is 1.08 bits per heavy atom. The quantitative estimate of drug-likeness (QED) is 0.336. The molecule has 0 bridgehead atoms. The first kappa shape index (κ1) is 21.1. The molecule has 24 heavy (non-hydrogen) atoms. The Morgan fingerprint density at radius 3 is 1.50 bits per heavy atom. The van der Waals surface area contributed by atoms with Crippen molar-refractivity contribution in [3.8, 4) is 0 Å². The molecule has 1 aromatic rings. The summed E-state index contributed by atoms with van der Waals surface area (Å²) < 4.78 is 0. The Morgan fingerprint density at radius 1 is 0.667 bits per heavy atom. The van der Waals surface area contributed by atoms with Crippen LogP contribution in [-0.2, 0) is 19.3 Å². The highest BCUT2D eigenvalue weighted by Gasteiger charge is 2.04. The molecule has 0 aliphatic carbocycles. The van der Waals surface area contributed by atoms with Gasteiger partial charge in [0.05, 0.1) is 0 Å². The van der Waals surface area contributed by atoms with Gasteiger partial charge in [-0.3, -0.25) is 0 Å². The highest BCUT2D eigenvalue weighted by molar-refractivity contribution is 5.12. The standard InChI is InChI=1S/C22H39N2/c1-4-7-9-11-13-15-17-20-19-21(24-22(6-3)23-20)18-16-14-12-10-8-5-2/h19H,3-18H2,1-2H3. The van der Waals surface area contributed by atoms with Crippen LogP contribution in [0.25, 0.3) is 0 Å². The Bertz CT molecular complexity index is 380. The van der Waals surface area contributed by atoms with E-state index in [4.69, 9.17) is 0 Å². The van der Waals surface area contributed by atoms with Crippen molar-refractivity contribution in [1.82, 2.24) is 9.97 Å². The van der Waals surface area contributed by atoms with Crippen LogP contribution < -0.4 is 0 Å². The summed E-state index contributed by atoms with van der Waals surface area (Å²) in [6.07, 6.45) is 19.0. The monoisotopic (exact) mass is 331 g/mol. The molecule has 0 N–H and O–H groups in total. The molecule has 0 spiro atoms. The van der Waals surface area contributed by atoms with Gasteiger partial charge in [-0.25, -0.2) is 9.97 Å². The molecular weight excluding hydrogens is 292 g/mol. The Balaban J connectivity index is 2.34. The number of hydrogen-bond donors (Lipinski definition) is 0. The number of rotatable bonds is 15. The van der Waals surface area contributed by atoms with Crippen molar-refractivity contribution < 1.29 is 0 Å². The molecule has 1 radical (unpaired) electrons. The van der Waals surface area contributed by atoms with Crippen LogP contribution in [0.4, 0.5) is 0 Å². The van der Waals surface area contributed by atoms with Gasteiger partial charge in [0.2, 0.25) is 0 Å². The first-order valence-corrected chi connectivity index (χ1v) is 10.4. The van der Waals surface area contributed by atoms with Gasteiger partial charge in [-0.2, -0.15) is 0 Å². The Hall–Kier alpha value is -0.920. The zero-order valence-corrected chi connectivity index (χ0v) is 16.3. The number of unbranched alkanes of at least 4 members (excludes halogenated alkanes) is 10. The molecular formula is C22H39N2. The van der Waals surface area contributed by atoms with Crippen LogP contribution in [-0.4, -0.2) is 9.97 Å². The normalized spacial score (nSPS) is 11.1. The van der Waals surface area contributed by atoms with Crippen molar-refractivity contribution in [2.24, 2.45) is 0 Å². The van der Waals surface area contributed by atoms with Crippen molar-refractivity contribution in [1.29, 1.82) is 0 Å². The van der Waals surface area contributed by atoms with E-state index in [1.54, 1.807) is 0 Å². The van der Waals surface area contributed by atoms with E-state index in [2.05, 4.69) is 36.8 Å². The smallest absolute Gasteiger partial charge is 0.128 e. The van der Waals surface area contributed by atoms with Gasteiger partial charge in [-0.05, 0) is 38.7 Å². The fourth-order valence-corrected chi connectivity index (χ4v) is 3.15. The summed E-state index contributed by atoms with van der Waals surface area (Å²) in [5, 5.41) is 0. The third kappa shape index (κ3) is 10.1. The van der Waals surface area contributed by atoms with E-state index in [9.17, 15) is 0 Å². The molecule has 2 nitrogen and oxygen atoms in total. The van der Waals surface area contributed by atoms with Crippen molar-refractivity contribution in [2.45, 2.75) is 110 Å². The zero-order chi connectivity index (χ0) is 17.5. The molecule has 0 saturated carbocycles. The number of aromatic nitrogens is 2. The number of hydrogen-bond acceptors (Lipinski definition) is 2. The summed E-state index contributed by atoms with van der Waals surface area (Å²) in [6, 6.07) is 2.25. The second-order valence-corrected chi connectivity index (χ2v) is 7.05. The van der Waals surface area contributed by atoms with Crippen molar-refractivity contribution in [3.63, 3.8) is 0 Å². The van der Waals surface area contributed by atoms with Crippen LogP contribution in [0.15, 0.2) is 6.07 Å². The van der Waals surface area contributed by atoms with E-state index in [1.165, 1.54) is 88.4 Å². The van der Waals surface area contributed by atoms with E-state index < -0.39 is 0 Å². The van der Waals surface area contributed by atoms with Crippen molar-refractivity contribution in [3.05, 3.63) is 30.2 Å². The van der Waals surface area contributed by atoms with Gasteiger partial charge in [-0.1, -0.05) is 78.1 Å². The van der Waals surface area contributed by atoms with Crippen LogP contribution >= 0.6 is 0 Å². The first-order chi connectivity index (χ1) is 11.8. The average molecular weight is 332 g/mol. The number of nitrogens with zero attached hydrogens (tertiary/aromatic N) is 2. The van der Waals surface area contributed by atoms with Gasteiger partial charge in [0.1, 0.15) is 5.82 Å². The number of aryl methyl sites for hydroxylation is 2. The molecule has 0 saturated heterocycles. The van der Waals surface area contributed by atoms with Gasteiger partial charge in [0.25, 0.3) is 0 Å². The van der Waals surface area contributed by atoms with Crippen LogP contribution in [0.2, 0.25) is 0 Å². The third-order valence-corrected chi connectivity index (χ3v) is 4.68. The molecule has 2 heteroatoms. The highest BCUT2D eigenvalue weighted by Crippen LogP contribution is 2.13. The van der Waals surface area contributed by atoms with Gasteiger partial charge in [-0.15, -0.1) is 0 Å². The summed E-state index contributed by atoms with van der Waals surface area (Å²) in [6.45, 7) is 8.51. The summed E-state index contributed by atoms with van der Waals surface area (Å²) in [5.41, 5.74) is 2.47. The summed E-state index contributed by atoms with van der Waals surface area (Å²) in [4.78, 5) is 9.36. The third-order valence-electron chi connectivity index (χ3n) is 4.68. The van der Waals surface area contributed by atoms with E-state index in [1.807, 2.05) is 0 Å². The minimum absolute atomic E-state index is 0.702. The summed E-state index contributed by atoms with van der Waals surface area (Å²) in [7, 11) is 0. The lowest BCUT2D eigenvalue weighted by molar-refractivity contribution is 0.598. The molecule has 0 unspecified atom stereocenters. The van der Waals surface area contributed by atoms with Crippen molar-refractivity contribution >= 4 is 0 Å². The maximum Gasteiger partial charge on any atom is 0.128 e. The molecule has 1 aromatic heterocycles. The maximum absolute atomic E-state index is 4.68. The molecule has 1 heterocycles. The summed E-state index contributed by atoms with van der Waals surface area (Å²) in [5.74, 6) is 0.930. The highest BCUT2D eigenvalue weighted by atomic mass is 14.9. The molecule has 0 aromatic carbocycles. The average Bonchev–Trinajstić information content (AvgIpc) is 2.61. The topological polar surface area (TPSA) is 25.8 Å². The lowest BCUT2D eigenvalue weighted by atomic mass is 10.1. The molecule has 0 amide bonds. The van der Waals surface area contributed by atoms with Gasteiger partial charge < -0.3 is 0 Å². The van der Waals surface area contributed by atoms with Crippen molar-refractivity contribution in [2.75, 3.05) is 0 Å². The lowest BCUT2D eigenvalue weighted by Crippen LogP contribution is -2.03. The molecule has 0 atom stereocenters. The predicted molar refractivity (Wildman–Crippen MR) is 105 cm³/mol. The molecule has 137 valence electrons. The van der Waals surface area contributed by atoms with Gasteiger partial charge in [0, 0.05) is 17.8 Å². The SMILES string of the molecule is [CH2]Cc1nc(CCCCCCCC)cc(CCCCCCCC)n1. The van der Waals surface area contributed by atoms with Gasteiger partial charge >= 0.3 is 0 Å².